The Bertz CT molecular complexity index is 306. The zero-order valence-corrected chi connectivity index (χ0v) is 7.51. The summed E-state index contributed by atoms with van der Waals surface area (Å²) in [5.74, 6) is -0.340. The average Bonchev–Trinajstić information content (AvgIpc) is 2.30. The number of aromatic nitrogens is 2. The highest BCUT2D eigenvalue weighted by Gasteiger charge is 2.15. The van der Waals surface area contributed by atoms with Gasteiger partial charge in [0.15, 0.2) is 10.8 Å². The van der Waals surface area contributed by atoms with Gasteiger partial charge < -0.3 is 10.1 Å². The monoisotopic (exact) mass is 188 g/mol. The van der Waals surface area contributed by atoms with Crippen LogP contribution in [0.2, 0.25) is 5.15 Å². The molecule has 5 heteroatoms. The number of carboxylic acid groups (broad SMARTS) is 1. The smallest absolute Gasteiger partial charge is 0.355 e. The number of hydrogen-bond donors (Lipinski definition) is 2. The Labute approximate surface area is 74.6 Å². The predicted octanol–water partition coefficient (Wildman–Crippen LogP) is 1.88. The SMILES string of the molecule is CC(C)c1nc(Cl)c(C(=O)O)[nH]1. The van der Waals surface area contributed by atoms with Crippen molar-refractivity contribution in [3.63, 3.8) is 0 Å². The highest BCUT2D eigenvalue weighted by atomic mass is 35.5. The average molecular weight is 189 g/mol. The molecule has 0 aromatic carbocycles. The Hall–Kier alpha value is -1.03. The second-order valence-electron chi connectivity index (χ2n) is 2.75. The fourth-order valence-corrected chi connectivity index (χ4v) is 1.00. The topological polar surface area (TPSA) is 66.0 Å². The lowest BCUT2D eigenvalue weighted by Crippen LogP contribution is -1.98. The van der Waals surface area contributed by atoms with Crippen molar-refractivity contribution in [2.24, 2.45) is 0 Å². The van der Waals surface area contributed by atoms with E-state index in [1.807, 2.05) is 13.8 Å². The number of halogens is 1. The molecule has 0 aliphatic heterocycles. The van der Waals surface area contributed by atoms with Gasteiger partial charge in [0, 0.05) is 5.92 Å². The molecule has 66 valence electrons. The Morgan fingerprint density at radius 3 is 2.50 bits per heavy atom. The predicted molar refractivity (Wildman–Crippen MR) is 44.6 cm³/mol. The third-order valence-corrected chi connectivity index (χ3v) is 1.71. The van der Waals surface area contributed by atoms with E-state index in [9.17, 15) is 4.79 Å². The number of carboxylic acids is 1. The van der Waals surface area contributed by atoms with Gasteiger partial charge in [-0.25, -0.2) is 9.78 Å². The molecule has 0 aliphatic rings. The maximum Gasteiger partial charge on any atom is 0.355 e. The van der Waals surface area contributed by atoms with Crippen LogP contribution in [0.5, 0.6) is 0 Å². The van der Waals surface area contributed by atoms with Gasteiger partial charge in [0.05, 0.1) is 0 Å². The molecule has 1 heterocycles. The van der Waals surface area contributed by atoms with Gasteiger partial charge in [-0.15, -0.1) is 0 Å². The maximum atomic E-state index is 10.5. The summed E-state index contributed by atoms with van der Waals surface area (Å²) in [6.45, 7) is 3.81. The Morgan fingerprint density at radius 1 is 1.67 bits per heavy atom. The van der Waals surface area contributed by atoms with E-state index >= 15 is 0 Å². The lowest BCUT2D eigenvalue weighted by molar-refractivity contribution is 0.0691. The minimum atomic E-state index is -1.08. The van der Waals surface area contributed by atoms with Gasteiger partial charge in [-0.2, -0.15) is 0 Å². The third-order valence-electron chi connectivity index (χ3n) is 1.44. The van der Waals surface area contributed by atoms with Crippen molar-refractivity contribution in [1.82, 2.24) is 9.97 Å². The van der Waals surface area contributed by atoms with Crippen LogP contribution in [0.4, 0.5) is 0 Å². The molecule has 0 saturated carbocycles. The number of aromatic carboxylic acids is 1. The lowest BCUT2D eigenvalue weighted by atomic mass is 10.2. The number of rotatable bonds is 2. The van der Waals surface area contributed by atoms with Crippen LogP contribution < -0.4 is 0 Å². The molecule has 0 atom stereocenters. The number of nitrogens with zero attached hydrogens (tertiary/aromatic N) is 1. The van der Waals surface area contributed by atoms with E-state index in [4.69, 9.17) is 16.7 Å². The van der Waals surface area contributed by atoms with Crippen molar-refractivity contribution in [3.8, 4) is 0 Å². The summed E-state index contributed by atoms with van der Waals surface area (Å²) in [6, 6.07) is 0. The maximum absolute atomic E-state index is 10.5. The summed E-state index contributed by atoms with van der Waals surface area (Å²) in [6.07, 6.45) is 0. The molecule has 0 bridgehead atoms. The second kappa shape index (κ2) is 3.15. The van der Waals surface area contributed by atoms with Crippen molar-refractivity contribution in [3.05, 3.63) is 16.7 Å². The number of imidazole rings is 1. The van der Waals surface area contributed by atoms with Crippen LogP contribution in [-0.2, 0) is 0 Å². The van der Waals surface area contributed by atoms with Crippen molar-refractivity contribution in [2.45, 2.75) is 19.8 Å². The van der Waals surface area contributed by atoms with Crippen molar-refractivity contribution in [1.29, 1.82) is 0 Å². The third kappa shape index (κ3) is 1.58. The summed E-state index contributed by atoms with van der Waals surface area (Å²) in [5.41, 5.74) is -0.0413. The molecule has 0 radical (unpaired) electrons. The largest absolute Gasteiger partial charge is 0.476 e. The van der Waals surface area contributed by atoms with Gasteiger partial charge in [0.2, 0.25) is 0 Å². The summed E-state index contributed by atoms with van der Waals surface area (Å²) < 4.78 is 0. The van der Waals surface area contributed by atoms with Gasteiger partial charge >= 0.3 is 5.97 Å². The van der Waals surface area contributed by atoms with Crippen LogP contribution in [0.1, 0.15) is 36.1 Å². The molecule has 1 rings (SSSR count). The summed E-state index contributed by atoms with van der Waals surface area (Å²) in [7, 11) is 0. The number of carbonyl (C=O) groups is 1. The minimum absolute atomic E-state index is 0.0196. The van der Waals surface area contributed by atoms with Gasteiger partial charge in [-0.05, 0) is 0 Å². The van der Waals surface area contributed by atoms with Gasteiger partial charge in [0.25, 0.3) is 0 Å². The van der Waals surface area contributed by atoms with Crippen LogP contribution in [-0.4, -0.2) is 21.0 Å². The van der Waals surface area contributed by atoms with Crippen molar-refractivity contribution < 1.29 is 9.90 Å². The van der Waals surface area contributed by atoms with Crippen LogP contribution >= 0.6 is 11.6 Å². The van der Waals surface area contributed by atoms with E-state index < -0.39 is 5.97 Å². The highest BCUT2D eigenvalue weighted by Crippen LogP contribution is 2.17. The molecule has 4 nitrogen and oxygen atoms in total. The Balaban J connectivity index is 3.09. The van der Waals surface area contributed by atoms with E-state index in [-0.39, 0.29) is 16.8 Å². The Morgan fingerprint density at radius 2 is 2.25 bits per heavy atom. The van der Waals surface area contributed by atoms with Crippen LogP contribution in [0, 0.1) is 0 Å². The zero-order valence-electron chi connectivity index (χ0n) is 6.76. The molecule has 2 N–H and O–H groups in total. The quantitative estimate of drug-likeness (QED) is 0.745. The summed E-state index contributed by atoms with van der Waals surface area (Å²) in [5, 5.41) is 8.62. The second-order valence-corrected chi connectivity index (χ2v) is 3.11. The first kappa shape index (κ1) is 9.06. The van der Waals surface area contributed by atoms with E-state index in [1.165, 1.54) is 0 Å². The molecule has 0 aliphatic carbocycles. The minimum Gasteiger partial charge on any atom is -0.476 e. The molecule has 12 heavy (non-hydrogen) atoms. The highest BCUT2D eigenvalue weighted by molar-refractivity contribution is 6.32. The Kier molecular flexibility index (Phi) is 2.38. The van der Waals surface area contributed by atoms with Crippen LogP contribution in [0.15, 0.2) is 0 Å². The van der Waals surface area contributed by atoms with Gasteiger partial charge in [0.1, 0.15) is 5.82 Å². The van der Waals surface area contributed by atoms with E-state index in [2.05, 4.69) is 9.97 Å². The first-order valence-corrected chi connectivity index (χ1v) is 3.89. The molecule has 0 fully saturated rings. The molecule has 0 amide bonds. The van der Waals surface area contributed by atoms with Crippen LogP contribution in [0.3, 0.4) is 0 Å². The van der Waals surface area contributed by atoms with Crippen molar-refractivity contribution in [2.75, 3.05) is 0 Å². The fraction of sp³-hybridized carbons (Fsp3) is 0.429. The number of nitrogens with one attached hydrogen (secondary N) is 1. The van der Waals surface area contributed by atoms with E-state index in [0.717, 1.165) is 0 Å². The summed E-state index contributed by atoms with van der Waals surface area (Å²) >= 11 is 5.56. The molecule has 1 aromatic rings. The number of hydrogen-bond acceptors (Lipinski definition) is 2. The first-order chi connectivity index (χ1) is 5.52. The standard InChI is InChI=1S/C7H9ClN2O2/c1-3(2)6-9-4(7(11)12)5(8)10-6/h3H,1-2H3,(H,9,10)(H,11,12). The molecule has 0 unspecified atom stereocenters. The van der Waals surface area contributed by atoms with E-state index in [0.29, 0.717) is 5.82 Å². The molecular formula is C7H9ClN2O2. The molecule has 1 aromatic heterocycles. The first-order valence-electron chi connectivity index (χ1n) is 3.51. The van der Waals surface area contributed by atoms with E-state index in [1.54, 1.807) is 0 Å². The normalized spacial score (nSPS) is 10.7. The van der Waals surface area contributed by atoms with Crippen LogP contribution in [0.25, 0.3) is 0 Å². The van der Waals surface area contributed by atoms with Gasteiger partial charge in [-0.1, -0.05) is 25.4 Å². The fourth-order valence-electron chi connectivity index (χ4n) is 0.784. The molecular weight excluding hydrogens is 180 g/mol. The lowest BCUT2D eigenvalue weighted by Gasteiger charge is -1.95. The zero-order chi connectivity index (χ0) is 9.30. The van der Waals surface area contributed by atoms with Crippen molar-refractivity contribution >= 4 is 17.6 Å². The molecule has 0 saturated heterocycles. The molecule has 0 spiro atoms. The van der Waals surface area contributed by atoms with Gasteiger partial charge in [-0.3, -0.25) is 0 Å². The number of H-pyrrole nitrogens is 1. The summed E-state index contributed by atoms with van der Waals surface area (Å²) in [4.78, 5) is 17.0. The number of aromatic amines is 1.